The zero-order chi connectivity index (χ0) is 30.2. The summed E-state index contributed by atoms with van der Waals surface area (Å²) in [5.74, 6) is -1.76. The van der Waals surface area contributed by atoms with Crippen LogP contribution >= 0.6 is 23.2 Å². The quantitative estimate of drug-likeness (QED) is 0.247. The number of carbonyl (C=O) groups excluding carboxylic acids is 1. The molecule has 13 heteroatoms. The molecule has 1 N–H and O–H groups in total. The molecule has 0 fully saturated rings. The third-order valence-electron chi connectivity index (χ3n) is 7.45. The normalized spacial score (nSPS) is 17.0. The molecule has 218 valence electrons. The van der Waals surface area contributed by atoms with E-state index in [-0.39, 0.29) is 38.9 Å². The van der Waals surface area contributed by atoms with Crippen LogP contribution in [0.15, 0.2) is 72.0 Å². The monoisotopic (exact) mass is 621 g/mol. The predicted octanol–water partition coefficient (Wildman–Crippen LogP) is 6.49. The largest absolute Gasteiger partial charge is 0.325 e. The van der Waals surface area contributed by atoms with Crippen molar-refractivity contribution < 1.29 is 13.6 Å². The maximum atomic E-state index is 15.4. The Morgan fingerprint density at radius 3 is 2.60 bits per heavy atom. The zero-order valence-corrected chi connectivity index (χ0v) is 24.2. The number of nitrogens with one attached hydrogen (secondary N) is 1. The van der Waals surface area contributed by atoms with E-state index in [1.807, 2.05) is 6.92 Å². The molecule has 6 rings (SSSR count). The summed E-state index contributed by atoms with van der Waals surface area (Å²) in [4.78, 5) is 35.6. The van der Waals surface area contributed by atoms with Crippen LogP contribution in [0.3, 0.4) is 0 Å². The van der Waals surface area contributed by atoms with Crippen molar-refractivity contribution >= 4 is 34.8 Å². The van der Waals surface area contributed by atoms with E-state index in [9.17, 15) is 14.0 Å². The minimum atomic E-state index is -0.783. The van der Waals surface area contributed by atoms with Gasteiger partial charge in [-0.15, -0.1) is 5.10 Å². The number of pyridine rings is 1. The topological polar surface area (TPSA) is 108 Å². The van der Waals surface area contributed by atoms with Gasteiger partial charge < -0.3 is 5.32 Å². The van der Waals surface area contributed by atoms with Gasteiger partial charge in [0.25, 0.3) is 5.56 Å². The van der Waals surface area contributed by atoms with E-state index in [1.165, 1.54) is 58.2 Å². The van der Waals surface area contributed by atoms with Crippen molar-refractivity contribution in [3.8, 4) is 28.1 Å². The Morgan fingerprint density at radius 2 is 1.84 bits per heavy atom. The maximum Gasteiger partial charge on any atom is 0.254 e. The van der Waals surface area contributed by atoms with Gasteiger partial charge >= 0.3 is 0 Å². The molecule has 4 heterocycles. The number of aromatic nitrogens is 6. The smallest absolute Gasteiger partial charge is 0.254 e. The van der Waals surface area contributed by atoms with E-state index in [0.29, 0.717) is 41.8 Å². The second-order valence-corrected chi connectivity index (χ2v) is 11.1. The fourth-order valence-electron chi connectivity index (χ4n) is 5.21. The summed E-state index contributed by atoms with van der Waals surface area (Å²) in [5, 5.41) is 10.5. The number of hydrogen-bond donors (Lipinski definition) is 1. The van der Waals surface area contributed by atoms with E-state index in [2.05, 4.69) is 25.6 Å². The van der Waals surface area contributed by atoms with Gasteiger partial charge in [-0.1, -0.05) is 41.8 Å². The summed E-state index contributed by atoms with van der Waals surface area (Å²) >= 11 is 12.0. The van der Waals surface area contributed by atoms with Crippen LogP contribution in [0.2, 0.25) is 10.2 Å². The Hall–Kier alpha value is -4.48. The first-order chi connectivity index (χ1) is 20.7. The van der Waals surface area contributed by atoms with Gasteiger partial charge in [-0.05, 0) is 60.9 Å². The van der Waals surface area contributed by atoms with Gasteiger partial charge in [0.15, 0.2) is 11.0 Å². The number of benzene rings is 2. The molecule has 0 aliphatic carbocycles. The number of nitrogens with zero attached hydrogens (tertiary/aromatic N) is 6. The molecule has 1 aliphatic heterocycles. The lowest BCUT2D eigenvalue weighted by Crippen LogP contribution is -2.27. The van der Waals surface area contributed by atoms with Crippen molar-refractivity contribution in [2.75, 3.05) is 5.32 Å². The first kappa shape index (κ1) is 28.6. The highest BCUT2D eigenvalue weighted by molar-refractivity contribution is 6.31. The molecule has 9 nitrogen and oxygen atoms in total. The summed E-state index contributed by atoms with van der Waals surface area (Å²) in [6, 6.07) is 11.2. The fourth-order valence-corrected chi connectivity index (χ4v) is 5.50. The Balaban J connectivity index is 1.46. The molecule has 2 bridgehead atoms. The number of fused-ring (bicyclic) bond motifs is 4. The van der Waals surface area contributed by atoms with Gasteiger partial charge in [0.2, 0.25) is 5.91 Å². The first-order valence-electron chi connectivity index (χ1n) is 13.4. The average molecular weight is 622 g/mol. The molecule has 5 aromatic rings. The molecular weight excluding hydrogens is 599 g/mol. The van der Waals surface area contributed by atoms with Crippen LogP contribution in [0.1, 0.15) is 37.9 Å². The molecule has 0 radical (unpaired) electrons. The molecule has 2 aromatic carbocycles. The molecular formula is C30H23Cl2F2N7O2. The molecule has 0 spiro atoms. The molecule has 0 saturated carbocycles. The van der Waals surface area contributed by atoms with Crippen molar-refractivity contribution in [2.45, 2.75) is 32.2 Å². The lowest BCUT2D eigenvalue weighted by molar-refractivity contribution is -0.119. The third-order valence-corrected chi connectivity index (χ3v) is 7.91. The highest BCUT2D eigenvalue weighted by Crippen LogP contribution is 2.35. The molecule has 2 atom stereocenters. The number of halogens is 4. The van der Waals surface area contributed by atoms with E-state index < -0.39 is 23.2 Å². The molecule has 2 unspecified atom stereocenters. The van der Waals surface area contributed by atoms with Crippen LogP contribution in [0.5, 0.6) is 0 Å². The van der Waals surface area contributed by atoms with Crippen molar-refractivity contribution in [1.82, 2.24) is 29.5 Å². The zero-order valence-electron chi connectivity index (χ0n) is 22.6. The molecule has 1 aliphatic rings. The molecule has 0 saturated heterocycles. The summed E-state index contributed by atoms with van der Waals surface area (Å²) in [5.41, 5.74) is 1.90. The van der Waals surface area contributed by atoms with Crippen LogP contribution in [-0.2, 0) is 4.79 Å². The lowest BCUT2D eigenvalue weighted by Gasteiger charge is -2.23. The van der Waals surface area contributed by atoms with Crippen molar-refractivity contribution in [3.63, 3.8) is 0 Å². The van der Waals surface area contributed by atoms with Gasteiger partial charge in [-0.2, -0.15) is 0 Å². The van der Waals surface area contributed by atoms with E-state index in [4.69, 9.17) is 23.2 Å². The first-order valence-corrected chi connectivity index (χ1v) is 14.2. The van der Waals surface area contributed by atoms with Crippen LogP contribution < -0.4 is 10.9 Å². The van der Waals surface area contributed by atoms with Crippen molar-refractivity contribution in [1.29, 1.82) is 0 Å². The SMILES string of the molecule is CC1CCCC(n2cnc(-c3c(-n4cc(Cl)nn4)ccc(Cl)c3F)cc2=O)c2cc(ccn2)-c2cc(F)ccc2NC1=O. The standard InChI is InChI=1S/C30H23Cl2F2N7O2/c1-16-3-2-4-24(22-11-17(9-10-35-22)19-12-18(33)5-7-21(19)37-30(16)43)40-15-36-23(13-27(40)42)28-25(8-6-20(31)29(28)34)41-14-26(32)38-39-41/h5-16,24H,2-4H2,1H3,(H,37,43). The number of carbonyl (C=O) groups is 1. The Bertz CT molecular complexity index is 1930. The van der Waals surface area contributed by atoms with Crippen molar-refractivity contribution in [3.05, 3.63) is 105 Å². The highest BCUT2D eigenvalue weighted by Gasteiger charge is 2.24. The molecule has 1 amide bonds. The highest BCUT2D eigenvalue weighted by atomic mass is 35.5. The van der Waals surface area contributed by atoms with Gasteiger partial charge in [0, 0.05) is 29.4 Å². The van der Waals surface area contributed by atoms with Gasteiger partial charge in [0.1, 0.15) is 5.82 Å². The van der Waals surface area contributed by atoms with Crippen LogP contribution in [0.4, 0.5) is 14.5 Å². The van der Waals surface area contributed by atoms with Gasteiger partial charge in [0.05, 0.1) is 46.2 Å². The third kappa shape index (κ3) is 5.65. The van der Waals surface area contributed by atoms with E-state index in [0.717, 1.165) is 0 Å². The summed E-state index contributed by atoms with van der Waals surface area (Å²) in [6.45, 7) is 1.82. The Labute approximate surface area is 254 Å². The number of hydrogen-bond acceptors (Lipinski definition) is 6. The van der Waals surface area contributed by atoms with Crippen molar-refractivity contribution in [2.24, 2.45) is 5.92 Å². The molecule has 3 aromatic heterocycles. The summed E-state index contributed by atoms with van der Waals surface area (Å²) < 4.78 is 32.4. The van der Waals surface area contributed by atoms with E-state index >= 15 is 4.39 Å². The van der Waals surface area contributed by atoms with E-state index in [1.54, 1.807) is 18.3 Å². The Morgan fingerprint density at radius 1 is 1.00 bits per heavy atom. The molecule has 43 heavy (non-hydrogen) atoms. The number of rotatable bonds is 3. The van der Waals surface area contributed by atoms with Crippen LogP contribution in [-0.4, -0.2) is 35.4 Å². The van der Waals surface area contributed by atoms with Gasteiger partial charge in [-0.3, -0.25) is 19.1 Å². The fraction of sp³-hybridized carbons (Fsp3) is 0.200. The number of anilines is 1. The number of amides is 1. The van der Waals surface area contributed by atoms with Crippen LogP contribution in [0, 0.1) is 17.6 Å². The lowest BCUT2D eigenvalue weighted by atomic mass is 9.95. The maximum absolute atomic E-state index is 15.4. The second kappa shape index (κ2) is 11.7. The predicted molar refractivity (Wildman–Crippen MR) is 158 cm³/mol. The van der Waals surface area contributed by atoms with Gasteiger partial charge in [-0.25, -0.2) is 18.4 Å². The second-order valence-electron chi connectivity index (χ2n) is 10.3. The van der Waals surface area contributed by atoms with Crippen LogP contribution in [0.25, 0.3) is 28.1 Å². The average Bonchev–Trinajstić information content (AvgIpc) is 3.43. The summed E-state index contributed by atoms with van der Waals surface area (Å²) in [6.07, 6.45) is 5.89. The minimum Gasteiger partial charge on any atom is -0.325 e. The summed E-state index contributed by atoms with van der Waals surface area (Å²) in [7, 11) is 0. The Kier molecular flexibility index (Phi) is 7.76. The minimum absolute atomic E-state index is 0.0347.